The number of methoxy groups -OCH3 is 1. The van der Waals surface area contributed by atoms with E-state index in [0.717, 1.165) is 0 Å². The number of nitrogens with zero attached hydrogens (tertiary/aromatic N) is 3. The number of aliphatic imine (C=N–C) groups is 1. The number of nitro benzene ring substituents is 1. The Bertz CT molecular complexity index is 1150. The van der Waals surface area contributed by atoms with Crippen LogP contribution in [0.25, 0.3) is 0 Å². The van der Waals surface area contributed by atoms with Crippen molar-refractivity contribution in [2.75, 3.05) is 23.5 Å². The van der Waals surface area contributed by atoms with Crippen LogP contribution in [0.3, 0.4) is 0 Å². The van der Waals surface area contributed by atoms with Gasteiger partial charge in [0.2, 0.25) is 0 Å². The lowest BCUT2D eigenvalue weighted by Crippen LogP contribution is -2.37. The summed E-state index contributed by atoms with van der Waals surface area (Å²) in [5.74, 6) is 0.00889. The van der Waals surface area contributed by atoms with Gasteiger partial charge in [-0.2, -0.15) is 4.99 Å². The second kappa shape index (κ2) is 7.73. The Morgan fingerprint density at radius 2 is 1.97 bits per heavy atom. The van der Waals surface area contributed by atoms with E-state index in [0.29, 0.717) is 16.6 Å². The molecule has 2 fully saturated rings. The molecule has 2 aromatic rings. The van der Waals surface area contributed by atoms with Gasteiger partial charge in [0.1, 0.15) is 5.75 Å². The summed E-state index contributed by atoms with van der Waals surface area (Å²) in [5.41, 5.74) is 0.588. The maximum Gasteiger partial charge on any atom is 0.279 e. The summed E-state index contributed by atoms with van der Waals surface area (Å²) >= 11 is 1.24. The zero-order chi connectivity index (χ0) is 21.5. The Labute approximate surface area is 176 Å². The number of thioether (sulfide) groups is 1. The van der Waals surface area contributed by atoms with Crippen molar-refractivity contribution in [2.24, 2.45) is 4.99 Å². The largest absolute Gasteiger partial charge is 0.497 e. The lowest BCUT2D eigenvalue weighted by molar-refractivity contribution is -0.384. The van der Waals surface area contributed by atoms with Crippen molar-refractivity contribution in [1.29, 1.82) is 0 Å². The number of amidine groups is 1. The van der Waals surface area contributed by atoms with Crippen molar-refractivity contribution in [2.45, 2.75) is 11.3 Å². The van der Waals surface area contributed by atoms with Crippen LogP contribution in [-0.2, 0) is 9.84 Å². The van der Waals surface area contributed by atoms with Gasteiger partial charge in [-0.05, 0) is 30.3 Å². The van der Waals surface area contributed by atoms with Crippen molar-refractivity contribution in [3.05, 3.63) is 64.2 Å². The third-order valence-electron chi connectivity index (χ3n) is 4.92. The molecule has 2 atom stereocenters. The van der Waals surface area contributed by atoms with Gasteiger partial charge < -0.3 is 9.64 Å². The highest BCUT2D eigenvalue weighted by Gasteiger charge is 2.49. The first kappa shape index (κ1) is 20.4. The van der Waals surface area contributed by atoms with Crippen molar-refractivity contribution in [1.82, 2.24) is 0 Å². The molecule has 2 unspecified atom stereocenters. The summed E-state index contributed by atoms with van der Waals surface area (Å²) in [4.78, 5) is 29.1. The lowest BCUT2D eigenvalue weighted by atomic mass is 10.2. The Morgan fingerprint density at radius 1 is 1.23 bits per heavy atom. The molecule has 0 aromatic heterocycles. The van der Waals surface area contributed by atoms with Crippen LogP contribution >= 0.6 is 11.8 Å². The van der Waals surface area contributed by atoms with E-state index in [2.05, 4.69) is 4.99 Å². The van der Waals surface area contributed by atoms with Gasteiger partial charge in [-0.3, -0.25) is 14.9 Å². The molecule has 30 heavy (non-hydrogen) atoms. The number of hydrogen-bond acceptors (Lipinski definition) is 7. The summed E-state index contributed by atoms with van der Waals surface area (Å²) in [5, 5.41) is 11.1. The number of fused-ring (bicyclic) bond motifs is 1. The molecular weight excluding hydrogens is 430 g/mol. The minimum absolute atomic E-state index is 0.0129. The quantitative estimate of drug-likeness (QED) is 0.518. The number of nitro groups is 1. The van der Waals surface area contributed by atoms with Gasteiger partial charge in [0.05, 0.1) is 29.6 Å². The first-order chi connectivity index (χ1) is 14.3. The number of hydrogen-bond donors (Lipinski definition) is 0. The molecule has 0 bridgehead atoms. The molecule has 0 N–H and O–H groups in total. The SMILES string of the molecule is COc1ccc(N2C(=NC(=O)c3cccc([N+](=O)[O-])c3)SC3CS(=O)(=O)CC32)cc1. The maximum absolute atomic E-state index is 12.7. The van der Waals surface area contributed by atoms with E-state index < -0.39 is 20.7 Å². The minimum atomic E-state index is -3.18. The molecule has 4 rings (SSSR count). The molecule has 2 heterocycles. The topological polar surface area (TPSA) is 119 Å². The number of rotatable bonds is 4. The average molecular weight is 447 g/mol. The number of carbonyl (C=O) groups is 1. The van der Waals surface area contributed by atoms with Crippen LogP contribution in [-0.4, -0.2) is 54.3 Å². The summed E-state index contributed by atoms with van der Waals surface area (Å²) < 4.78 is 29.5. The predicted octanol–water partition coefficient (Wildman–Crippen LogP) is 2.52. The Balaban J connectivity index is 1.70. The second-order valence-electron chi connectivity index (χ2n) is 6.88. The van der Waals surface area contributed by atoms with Crippen LogP contribution in [0.1, 0.15) is 10.4 Å². The third-order valence-corrected chi connectivity index (χ3v) is 8.13. The molecular formula is C19H17N3O6S2. The van der Waals surface area contributed by atoms with Gasteiger partial charge in [0.15, 0.2) is 15.0 Å². The van der Waals surface area contributed by atoms with Crippen LogP contribution in [0, 0.1) is 10.1 Å². The molecule has 2 aliphatic rings. The van der Waals surface area contributed by atoms with E-state index in [1.807, 2.05) is 0 Å². The van der Waals surface area contributed by atoms with E-state index in [4.69, 9.17) is 4.74 Å². The number of amides is 1. The van der Waals surface area contributed by atoms with Crippen molar-refractivity contribution < 1.29 is 22.9 Å². The summed E-state index contributed by atoms with van der Waals surface area (Å²) in [7, 11) is -1.63. The van der Waals surface area contributed by atoms with Gasteiger partial charge in [0, 0.05) is 28.6 Å². The number of anilines is 1. The highest BCUT2D eigenvalue weighted by Crippen LogP contribution is 2.41. The molecule has 9 nitrogen and oxygen atoms in total. The molecule has 0 radical (unpaired) electrons. The molecule has 0 spiro atoms. The van der Waals surface area contributed by atoms with E-state index >= 15 is 0 Å². The van der Waals surface area contributed by atoms with E-state index in [9.17, 15) is 23.3 Å². The standard InChI is InChI=1S/C19H17N3O6S2/c1-28-15-7-5-13(6-8-15)21-16-10-30(26,27)11-17(16)29-19(21)20-18(23)12-3-2-4-14(9-12)22(24)25/h2-9,16-17H,10-11H2,1H3. The maximum atomic E-state index is 12.7. The van der Waals surface area contributed by atoms with Gasteiger partial charge in [0.25, 0.3) is 11.6 Å². The first-order valence-corrected chi connectivity index (χ1v) is 11.7. The predicted molar refractivity (Wildman–Crippen MR) is 114 cm³/mol. The fraction of sp³-hybridized carbons (Fsp3) is 0.263. The minimum Gasteiger partial charge on any atom is -0.497 e. The van der Waals surface area contributed by atoms with Gasteiger partial charge in [-0.1, -0.05) is 17.8 Å². The fourth-order valence-electron chi connectivity index (χ4n) is 3.51. The van der Waals surface area contributed by atoms with Crippen molar-refractivity contribution in [3.8, 4) is 5.75 Å². The van der Waals surface area contributed by atoms with E-state index in [1.54, 1.807) is 36.3 Å². The fourth-order valence-corrected chi connectivity index (χ4v) is 7.43. The summed E-state index contributed by atoms with van der Waals surface area (Å²) in [6, 6.07) is 12.1. The normalized spacial score (nSPS) is 23.4. The Kier molecular flexibility index (Phi) is 5.24. The first-order valence-electron chi connectivity index (χ1n) is 8.95. The van der Waals surface area contributed by atoms with Crippen LogP contribution in [0.15, 0.2) is 53.5 Å². The number of ether oxygens (including phenoxy) is 1. The van der Waals surface area contributed by atoms with Gasteiger partial charge >= 0.3 is 0 Å². The number of benzene rings is 2. The Hall–Kier alpha value is -2.92. The highest BCUT2D eigenvalue weighted by atomic mass is 32.2. The lowest BCUT2D eigenvalue weighted by Gasteiger charge is -2.24. The average Bonchev–Trinajstić information content (AvgIpc) is 3.18. The van der Waals surface area contributed by atoms with Gasteiger partial charge in [-0.25, -0.2) is 8.42 Å². The van der Waals surface area contributed by atoms with E-state index in [1.165, 1.54) is 36.0 Å². The zero-order valence-corrected chi connectivity index (χ0v) is 17.4. The Morgan fingerprint density at radius 3 is 2.63 bits per heavy atom. The summed E-state index contributed by atoms with van der Waals surface area (Å²) in [6.45, 7) is 0. The second-order valence-corrected chi connectivity index (χ2v) is 10.2. The molecule has 2 aromatic carbocycles. The molecule has 11 heteroatoms. The van der Waals surface area contributed by atoms with Crippen LogP contribution in [0.5, 0.6) is 5.75 Å². The number of sulfone groups is 1. The third kappa shape index (κ3) is 3.90. The number of non-ortho nitro benzene ring substituents is 1. The zero-order valence-electron chi connectivity index (χ0n) is 15.8. The smallest absolute Gasteiger partial charge is 0.279 e. The molecule has 2 aliphatic heterocycles. The molecule has 1 amide bonds. The summed E-state index contributed by atoms with van der Waals surface area (Å²) in [6.07, 6.45) is 0. The van der Waals surface area contributed by atoms with E-state index in [-0.39, 0.29) is 34.0 Å². The van der Waals surface area contributed by atoms with Crippen LogP contribution in [0.2, 0.25) is 0 Å². The molecule has 0 aliphatic carbocycles. The monoisotopic (exact) mass is 447 g/mol. The molecule has 2 saturated heterocycles. The van der Waals surface area contributed by atoms with Crippen molar-refractivity contribution in [3.63, 3.8) is 0 Å². The van der Waals surface area contributed by atoms with Crippen LogP contribution in [0.4, 0.5) is 11.4 Å². The molecule has 0 saturated carbocycles. The van der Waals surface area contributed by atoms with Crippen molar-refractivity contribution >= 4 is 44.0 Å². The highest BCUT2D eigenvalue weighted by molar-refractivity contribution is 8.16. The van der Waals surface area contributed by atoms with Crippen LogP contribution < -0.4 is 9.64 Å². The number of carbonyl (C=O) groups excluding carboxylic acids is 1. The van der Waals surface area contributed by atoms with Gasteiger partial charge in [-0.15, -0.1) is 0 Å². The molecule has 156 valence electrons.